The monoisotopic (exact) mass is 415 g/mol. The van der Waals surface area contributed by atoms with Crippen molar-refractivity contribution in [2.75, 3.05) is 13.1 Å². The molecule has 1 amide bonds. The number of imidazole rings is 1. The van der Waals surface area contributed by atoms with E-state index in [9.17, 15) is 4.79 Å². The van der Waals surface area contributed by atoms with Crippen LogP contribution in [-0.4, -0.2) is 53.6 Å². The Bertz CT molecular complexity index is 1200. The molecule has 3 aromatic heterocycles. The smallest absolute Gasteiger partial charge is 0.242 e. The number of carbonyl (C=O) groups is 1. The Morgan fingerprint density at radius 2 is 2.10 bits per heavy atom. The lowest BCUT2D eigenvalue weighted by Crippen LogP contribution is -2.41. The zero-order valence-electron chi connectivity index (χ0n) is 17.5. The molecule has 0 saturated carbocycles. The minimum absolute atomic E-state index is 0.120. The summed E-state index contributed by atoms with van der Waals surface area (Å²) in [5.74, 6) is 2.69. The standard InChI is InChI=1S/C23H25N7O/c1-2-20-25-18-9-3-4-10-19(18)30(20)15-21(31)29-12-6-8-17(14-29)23-26-22(27-28-23)16-7-5-11-24-13-16/h3-5,7,9-11,13,17H,2,6,8,12,14-15H2,1H3,(H,26,27,28)/t17-/m1/s1. The fourth-order valence-electron chi connectivity index (χ4n) is 4.31. The minimum Gasteiger partial charge on any atom is -0.340 e. The first-order valence-electron chi connectivity index (χ1n) is 10.8. The normalized spacial score (nSPS) is 16.7. The number of nitrogens with one attached hydrogen (secondary N) is 1. The topological polar surface area (TPSA) is 92.6 Å². The maximum absolute atomic E-state index is 13.2. The number of para-hydroxylation sites is 2. The number of hydrogen-bond acceptors (Lipinski definition) is 5. The van der Waals surface area contributed by atoms with E-state index >= 15 is 0 Å². The second-order valence-electron chi connectivity index (χ2n) is 7.92. The molecule has 1 aliphatic heterocycles. The molecule has 1 aliphatic rings. The molecule has 4 heterocycles. The molecule has 1 saturated heterocycles. The summed E-state index contributed by atoms with van der Waals surface area (Å²) in [6.45, 7) is 3.80. The average molecular weight is 416 g/mol. The number of nitrogens with zero attached hydrogens (tertiary/aromatic N) is 6. The number of H-pyrrole nitrogens is 1. The Labute approximate surface area is 180 Å². The van der Waals surface area contributed by atoms with Crippen molar-refractivity contribution in [2.45, 2.75) is 38.6 Å². The van der Waals surface area contributed by atoms with E-state index < -0.39 is 0 Å². The molecule has 31 heavy (non-hydrogen) atoms. The molecule has 8 heteroatoms. The Kier molecular flexibility index (Phi) is 5.19. The zero-order valence-corrected chi connectivity index (χ0v) is 17.5. The fourth-order valence-corrected chi connectivity index (χ4v) is 4.31. The van der Waals surface area contributed by atoms with Gasteiger partial charge in [-0.1, -0.05) is 19.1 Å². The Morgan fingerprint density at radius 1 is 1.19 bits per heavy atom. The van der Waals surface area contributed by atoms with Crippen LogP contribution in [0.1, 0.15) is 37.3 Å². The lowest BCUT2D eigenvalue weighted by molar-refractivity contribution is -0.133. The Balaban J connectivity index is 1.32. The summed E-state index contributed by atoms with van der Waals surface area (Å²) in [4.78, 5) is 28.7. The average Bonchev–Trinajstić information content (AvgIpc) is 3.45. The van der Waals surface area contributed by atoms with Crippen molar-refractivity contribution in [1.29, 1.82) is 0 Å². The number of likely N-dealkylation sites (tertiary alicyclic amines) is 1. The lowest BCUT2D eigenvalue weighted by atomic mass is 9.97. The van der Waals surface area contributed by atoms with Gasteiger partial charge in [0.15, 0.2) is 5.82 Å². The molecule has 0 unspecified atom stereocenters. The highest BCUT2D eigenvalue weighted by Crippen LogP contribution is 2.26. The fraction of sp³-hybridized carbons (Fsp3) is 0.348. The molecule has 8 nitrogen and oxygen atoms in total. The van der Waals surface area contributed by atoms with E-state index in [4.69, 9.17) is 0 Å². The number of rotatable bonds is 5. The predicted molar refractivity (Wildman–Crippen MR) is 117 cm³/mol. The molecule has 5 rings (SSSR count). The number of aromatic nitrogens is 6. The maximum Gasteiger partial charge on any atom is 0.242 e. The number of aromatic amines is 1. The van der Waals surface area contributed by atoms with Gasteiger partial charge in [0, 0.05) is 43.4 Å². The minimum atomic E-state index is 0.120. The molecule has 0 aliphatic carbocycles. The number of fused-ring (bicyclic) bond motifs is 1. The summed E-state index contributed by atoms with van der Waals surface area (Å²) in [5.41, 5.74) is 2.83. The van der Waals surface area contributed by atoms with Crippen LogP contribution in [0.4, 0.5) is 0 Å². The first-order chi connectivity index (χ1) is 15.2. The highest BCUT2D eigenvalue weighted by Gasteiger charge is 2.28. The number of amides is 1. The number of carbonyl (C=O) groups excluding carboxylic acids is 1. The molecule has 1 N–H and O–H groups in total. The third kappa shape index (κ3) is 3.81. The molecule has 0 radical (unpaired) electrons. The summed E-state index contributed by atoms with van der Waals surface area (Å²) < 4.78 is 2.05. The third-order valence-corrected chi connectivity index (χ3v) is 5.93. The molecule has 1 aromatic carbocycles. The summed E-state index contributed by atoms with van der Waals surface area (Å²) >= 11 is 0. The van der Waals surface area contributed by atoms with Crippen LogP contribution >= 0.6 is 0 Å². The van der Waals surface area contributed by atoms with E-state index in [1.54, 1.807) is 12.4 Å². The SMILES string of the molecule is CCc1nc2ccccc2n1CC(=O)N1CCC[C@@H](c2nc(-c3cccnc3)n[nH]2)C1. The third-order valence-electron chi connectivity index (χ3n) is 5.93. The first-order valence-corrected chi connectivity index (χ1v) is 10.8. The van der Waals surface area contributed by atoms with Crippen molar-refractivity contribution in [3.63, 3.8) is 0 Å². The van der Waals surface area contributed by atoms with Crippen molar-refractivity contribution in [3.05, 3.63) is 60.4 Å². The quantitative estimate of drug-likeness (QED) is 0.540. The van der Waals surface area contributed by atoms with Gasteiger partial charge in [0.1, 0.15) is 18.2 Å². The van der Waals surface area contributed by atoms with Crippen LogP contribution in [0.25, 0.3) is 22.4 Å². The molecular weight excluding hydrogens is 390 g/mol. The molecular formula is C23H25N7O. The van der Waals surface area contributed by atoms with Crippen molar-refractivity contribution < 1.29 is 4.79 Å². The van der Waals surface area contributed by atoms with Gasteiger partial charge >= 0.3 is 0 Å². The van der Waals surface area contributed by atoms with Crippen molar-refractivity contribution >= 4 is 16.9 Å². The second-order valence-corrected chi connectivity index (χ2v) is 7.92. The highest BCUT2D eigenvalue weighted by atomic mass is 16.2. The molecule has 0 spiro atoms. The van der Waals surface area contributed by atoms with Gasteiger partial charge in [0.2, 0.25) is 5.91 Å². The van der Waals surface area contributed by atoms with E-state index in [-0.39, 0.29) is 11.8 Å². The largest absolute Gasteiger partial charge is 0.340 e. The van der Waals surface area contributed by atoms with Gasteiger partial charge in [0.05, 0.1) is 11.0 Å². The van der Waals surface area contributed by atoms with Crippen LogP contribution in [0.15, 0.2) is 48.8 Å². The van der Waals surface area contributed by atoms with Crippen molar-refractivity contribution in [2.24, 2.45) is 0 Å². The zero-order chi connectivity index (χ0) is 21.2. The highest BCUT2D eigenvalue weighted by molar-refractivity contribution is 5.81. The van der Waals surface area contributed by atoms with Crippen LogP contribution in [-0.2, 0) is 17.8 Å². The number of aryl methyl sites for hydroxylation is 1. The Hall–Kier alpha value is -3.55. The summed E-state index contributed by atoms with van der Waals surface area (Å²) in [7, 11) is 0. The number of pyridine rings is 1. The van der Waals surface area contributed by atoms with Crippen molar-refractivity contribution in [1.82, 2.24) is 34.6 Å². The number of piperidine rings is 1. The van der Waals surface area contributed by atoms with Crippen LogP contribution < -0.4 is 0 Å². The number of hydrogen-bond donors (Lipinski definition) is 1. The van der Waals surface area contributed by atoms with Gasteiger partial charge < -0.3 is 9.47 Å². The first kappa shape index (κ1) is 19.4. The molecule has 1 fully saturated rings. The van der Waals surface area contributed by atoms with E-state index in [1.165, 1.54) is 0 Å². The van der Waals surface area contributed by atoms with Gasteiger partial charge in [-0.3, -0.25) is 14.9 Å². The molecule has 1 atom stereocenters. The van der Waals surface area contributed by atoms with Crippen LogP contribution in [0.3, 0.4) is 0 Å². The second kappa shape index (κ2) is 8.29. The van der Waals surface area contributed by atoms with Crippen LogP contribution in [0.2, 0.25) is 0 Å². The Morgan fingerprint density at radius 3 is 2.94 bits per heavy atom. The van der Waals surface area contributed by atoms with E-state index in [0.717, 1.165) is 54.1 Å². The summed E-state index contributed by atoms with van der Waals surface area (Å²) in [6.07, 6.45) is 6.21. The van der Waals surface area contributed by atoms with Crippen LogP contribution in [0.5, 0.6) is 0 Å². The van der Waals surface area contributed by atoms with Crippen molar-refractivity contribution in [3.8, 4) is 11.4 Å². The number of benzene rings is 1. The summed E-state index contributed by atoms with van der Waals surface area (Å²) in [6, 6.07) is 11.8. The molecule has 4 aromatic rings. The lowest BCUT2D eigenvalue weighted by Gasteiger charge is -2.32. The van der Waals surface area contributed by atoms with Gasteiger partial charge in [-0.2, -0.15) is 5.10 Å². The van der Waals surface area contributed by atoms with Gasteiger partial charge in [-0.15, -0.1) is 0 Å². The van der Waals surface area contributed by atoms with Crippen LogP contribution in [0, 0.1) is 0 Å². The summed E-state index contributed by atoms with van der Waals surface area (Å²) in [5, 5.41) is 7.44. The van der Waals surface area contributed by atoms with Gasteiger partial charge in [0.25, 0.3) is 0 Å². The molecule has 158 valence electrons. The van der Waals surface area contributed by atoms with E-state index in [1.807, 2.05) is 41.3 Å². The molecule has 0 bridgehead atoms. The van der Waals surface area contributed by atoms with E-state index in [0.29, 0.717) is 18.9 Å². The van der Waals surface area contributed by atoms with E-state index in [2.05, 4.69) is 36.6 Å². The maximum atomic E-state index is 13.2. The predicted octanol–water partition coefficient (Wildman–Crippen LogP) is 3.19. The van der Waals surface area contributed by atoms with Gasteiger partial charge in [-0.25, -0.2) is 9.97 Å². The van der Waals surface area contributed by atoms with Gasteiger partial charge in [-0.05, 0) is 37.1 Å².